The molecule has 0 saturated carbocycles. The number of allylic oxidation sites excluding steroid dienone is 1. The number of aliphatic carboxylic acids is 1. The van der Waals surface area contributed by atoms with Crippen LogP contribution >= 0.6 is 0 Å². The van der Waals surface area contributed by atoms with Crippen LogP contribution in [0.3, 0.4) is 0 Å². The monoisotopic (exact) mass is 115 g/mol. The van der Waals surface area contributed by atoms with Crippen LogP contribution in [0, 0.1) is 0 Å². The second kappa shape index (κ2) is 2.47. The van der Waals surface area contributed by atoms with E-state index in [2.05, 4.69) is 0 Å². The predicted octanol–water partition coefficient (Wildman–Crippen LogP) is 0.953. The molecule has 1 aliphatic rings. The molecule has 1 rings (SSSR count). The highest BCUT2D eigenvalue weighted by molar-refractivity contribution is 5.87. The highest BCUT2D eigenvalue weighted by atomic mass is 16.4. The zero-order valence-electron chi connectivity index (χ0n) is 4.55. The lowest BCUT2D eigenvalue weighted by Crippen LogP contribution is -2.05. The summed E-state index contributed by atoms with van der Waals surface area (Å²) in [5, 5.41) is 8.16. The minimum atomic E-state index is -0.758. The molecule has 0 aliphatic heterocycles. The van der Waals surface area contributed by atoms with Crippen LogP contribution in [0.2, 0.25) is 0 Å². The Morgan fingerprint density at radius 3 is 2.25 bits per heavy atom. The van der Waals surface area contributed by atoms with Gasteiger partial charge in [-0.1, -0.05) is 6.08 Å². The molecule has 3 nitrogen and oxygen atoms in total. The highest BCUT2D eigenvalue weighted by Crippen LogP contribution is 2.16. The van der Waals surface area contributed by atoms with Gasteiger partial charge in [-0.05, 0) is 12.8 Å². The Bertz CT molecular complexity index is 128. The van der Waals surface area contributed by atoms with E-state index in [9.17, 15) is 4.79 Å². The first-order valence-electron chi connectivity index (χ1n) is 2.23. The molecule has 0 saturated heterocycles. The molecule has 0 aromatic carbocycles. The topological polar surface area (TPSA) is 72.3 Å². The molecule has 0 unspecified atom stereocenters. The molecule has 0 fully saturated rings. The Morgan fingerprint density at radius 1 is 1.75 bits per heavy atom. The maximum absolute atomic E-state index is 9.91. The van der Waals surface area contributed by atoms with Crippen LogP contribution in [0.5, 0.6) is 0 Å². The molecular formula is C5H9NO2. The van der Waals surface area contributed by atoms with Crippen molar-refractivity contribution >= 4 is 5.97 Å². The number of hydrogen-bond acceptors (Lipinski definition) is 2. The number of rotatable bonds is 1. The van der Waals surface area contributed by atoms with E-state index in [-0.39, 0.29) is 6.15 Å². The summed E-state index contributed by atoms with van der Waals surface area (Å²) < 4.78 is 0. The van der Waals surface area contributed by atoms with Crippen molar-refractivity contribution in [3.63, 3.8) is 0 Å². The molecule has 4 N–H and O–H groups in total. The Morgan fingerprint density at radius 2 is 2.25 bits per heavy atom. The summed E-state index contributed by atoms with van der Waals surface area (Å²) in [6, 6.07) is 0. The second-order valence-electron chi connectivity index (χ2n) is 1.57. The van der Waals surface area contributed by atoms with Crippen LogP contribution in [0.25, 0.3) is 0 Å². The van der Waals surface area contributed by atoms with Gasteiger partial charge in [-0.2, -0.15) is 0 Å². The number of carboxylic acid groups (broad SMARTS) is 1. The number of hydrogen-bond donors (Lipinski definition) is 2. The van der Waals surface area contributed by atoms with Crippen molar-refractivity contribution in [3.8, 4) is 0 Å². The predicted molar refractivity (Wildman–Crippen MR) is 30.0 cm³/mol. The lowest BCUT2D eigenvalue weighted by Gasteiger charge is -2.06. The molecule has 1 aliphatic carbocycles. The standard InChI is InChI=1S/C5H6O2.H3N/c6-5(7)4-2-1-3-4;/h2H,1,3H2,(H,6,7);1H3. The fraction of sp³-hybridized carbons (Fsp3) is 0.400. The number of carboxylic acids is 1. The average molecular weight is 115 g/mol. The molecule has 0 spiro atoms. The quantitative estimate of drug-likeness (QED) is 0.534. The molecule has 0 aromatic heterocycles. The van der Waals surface area contributed by atoms with Crippen LogP contribution in [0.15, 0.2) is 11.6 Å². The van der Waals surface area contributed by atoms with Crippen molar-refractivity contribution in [1.29, 1.82) is 0 Å². The van der Waals surface area contributed by atoms with Crippen LogP contribution in [0.1, 0.15) is 12.8 Å². The van der Waals surface area contributed by atoms with Crippen LogP contribution in [0.4, 0.5) is 0 Å². The first-order chi connectivity index (χ1) is 3.30. The van der Waals surface area contributed by atoms with Gasteiger partial charge in [-0.3, -0.25) is 0 Å². The summed E-state index contributed by atoms with van der Waals surface area (Å²) in [5.41, 5.74) is 0.569. The fourth-order valence-electron chi connectivity index (χ4n) is 0.483. The van der Waals surface area contributed by atoms with E-state index in [0.717, 1.165) is 12.8 Å². The molecule has 0 amide bonds. The van der Waals surface area contributed by atoms with Gasteiger partial charge in [0.1, 0.15) is 0 Å². The largest absolute Gasteiger partial charge is 0.478 e. The molecule has 0 heterocycles. The summed E-state index contributed by atoms with van der Waals surface area (Å²) in [6.45, 7) is 0. The van der Waals surface area contributed by atoms with Crippen LogP contribution in [-0.4, -0.2) is 11.1 Å². The third-order valence-corrected chi connectivity index (χ3v) is 1.08. The van der Waals surface area contributed by atoms with Crippen LogP contribution in [-0.2, 0) is 4.79 Å². The summed E-state index contributed by atoms with van der Waals surface area (Å²) in [6.07, 6.45) is 3.44. The third-order valence-electron chi connectivity index (χ3n) is 1.08. The van der Waals surface area contributed by atoms with Crippen molar-refractivity contribution in [2.75, 3.05) is 0 Å². The Hall–Kier alpha value is -0.830. The molecule has 3 heteroatoms. The molecule has 8 heavy (non-hydrogen) atoms. The summed E-state index contributed by atoms with van der Waals surface area (Å²) in [5.74, 6) is -0.758. The minimum absolute atomic E-state index is 0. The molecule has 0 aromatic rings. The van der Waals surface area contributed by atoms with E-state index < -0.39 is 5.97 Å². The maximum Gasteiger partial charge on any atom is 0.331 e. The Balaban J connectivity index is 0.000000490. The first kappa shape index (κ1) is 7.17. The molecule has 0 radical (unpaired) electrons. The third kappa shape index (κ3) is 1.07. The lowest BCUT2D eigenvalue weighted by atomic mass is 10.00. The zero-order valence-corrected chi connectivity index (χ0v) is 4.55. The summed E-state index contributed by atoms with van der Waals surface area (Å²) >= 11 is 0. The van der Waals surface area contributed by atoms with E-state index in [1.54, 1.807) is 6.08 Å². The van der Waals surface area contributed by atoms with Gasteiger partial charge in [-0.15, -0.1) is 0 Å². The zero-order chi connectivity index (χ0) is 5.28. The van der Waals surface area contributed by atoms with E-state index in [1.807, 2.05) is 0 Å². The van der Waals surface area contributed by atoms with E-state index in [4.69, 9.17) is 5.11 Å². The van der Waals surface area contributed by atoms with Gasteiger partial charge in [0, 0.05) is 5.57 Å². The van der Waals surface area contributed by atoms with Gasteiger partial charge in [0.25, 0.3) is 0 Å². The number of carbonyl (C=O) groups is 1. The Kier molecular flexibility index (Phi) is 2.21. The van der Waals surface area contributed by atoms with Crippen molar-refractivity contribution in [3.05, 3.63) is 11.6 Å². The van der Waals surface area contributed by atoms with Gasteiger partial charge < -0.3 is 11.3 Å². The molecule has 0 bridgehead atoms. The first-order valence-corrected chi connectivity index (χ1v) is 2.23. The van der Waals surface area contributed by atoms with Gasteiger partial charge in [0.05, 0.1) is 0 Å². The lowest BCUT2D eigenvalue weighted by molar-refractivity contribution is -0.133. The van der Waals surface area contributed by atoms with Crippen molar-refractivity contribution in [1.82, 2.24) is 6.15 Å². The molecular weight excluding hydrogens is 106 g/mol. The summed E-state index contributed by atoms with van der Waals surface area (Å²) in [7, 11) is 0. The van der Waals surface area contributed by atoms with Crippen LogP contribution < -0.4 is 6.15 Å². The van der Waals surface area contributed by atoms with Crippen molar-refractivity contribution in [2.45, 2.75) is 12.8 Å². The van der Waals surface area contributed by atoms with E-state index >= 15 is 0 Å². The Labute approximate surface area is 47.6 Å². The average Bonchev–Trinajstić information content (AvgIpc) is 1.23. The smallest absolute Gasteiger partial charge is 0.331 e. The van der Waals surface area contributed by atoms with Gasteiger partial charge in [-0.25, -0.2) is 4.79 Å². The minimum Gasteiger partial charge on any atom is -0.478 e. The maximum atomic E-state index is 9.91. The molecule has 0 atom stereocenters. The van der Waals surface area contributed by atoms with Gasteiger partial charge in [0.15, 0.2) is 0 Å². The van der Waals surface area contributed by atoms with Gasteiger partial charge in [0.2, 0.25) is 0 Å². The normalized spacial score (nSPS) is 15.2. The summed E-state index contributed by atoms with van der Waals surface area (Å²) in [4.78, 5) is 9.91. The van der Waals surface area contributed by atoms with Crippen molar-refractivity contribution < 1.29 is 9.90 Å². The highest BCUT2D eigenvalue weighted by Gasteiger charge is 2.11. The van der Waals surface area contributed by atoms with Gasteiger partial charge >= 0.3 is 5.97 Å². The molecule has 46 valence electrons. The SMILES string of the molecule is N.O=C(O)C1=CCC1. The second-order valence-corrected chi connectivity index (χ2v) is 1.57. The fourth-order valence-corrected chi connectivity index (χ4v) is 0.483. The van der Waals surface area contributed by atoms with E-state index in [1.165, 1.54) is 0 Å². The van der Waals surface area contributed by atoms with E-state index in [0.29, 0.717) is 5.57 Å². The van der Waals surface area contributed by atoms with Crippen molar-refractivity contribution in [2.24, 2.45) is 0 Å².